The number of aromatic nitrogens is 2. The standard InChI is InChI=1S/C13H12N4O3S/c18-11(19)10-8(4-2-6-14-10)15-12(20)17-13-16-7-3-1-5-9(7)21-13/h2,4,6H,1,3,5H2,(H,18,19)(H2,15,16,17,20). The maximum atomic E-state index is 11.9. The highest BCUT2D eigenvalue weighted by molar-refractivity contribution is 7.15. The SMILES string of the molecule is O=C(Nc1nc2c(s1)CCC2)Nc1cccnc1C(=O)O. The maximum Gasteiger partial charge on any atom is 0.356 e. The van der Waals surface area contributed by atoms with E-state index < -0.39 is 12.0 Å². The van der Waals surface area contributed by atoms with Gasteiger partial charge in [-0.15, -0.1) is 11.3 Å². The number of hydrogen-bond acceptors (Lipinski definition) is 5. The number of nitrogens with zero attached hydrogens (tertiary/aromatic N) is 2. The van der Waals surface area contributed by atoms with E-state index in [4.69, 9.17) is 5.11 Å². The van der Waals surface area contributed by atoms with Crippen molar-refractivity contribution in [3.05, 3.63) is 34.6 Å². The van der Waals surface area contributed by atoms with Gasteiger partial charge in [0.15, 0.2) is 10.8 Å². The molecule has 0 aliphatic heterocycles. The molecule has 2 aromatic rings. The highest BCUT2D eigenvalue weighted by atomic mass is 32.1. The summed E-state index contributed by atoms with van der Waals surface area (Å²) in [6.45, 7) is 0. The minimum absolute atomic E-state index is 0.145. The molecule has 2 aromatic heterocycles. The van der Waals surface area contributed by atoms with Crippen LogP contribution in [0.4, 0.5) is 15.6 Å². The van der Waals surface area contributed by atoms with Crippen LogP contribution in [-0.4, -0.2) is 27.1 Å². The Hall–Kier alpha value is -2.48. The third-order valence-electron chi connectivity index (χ3n) is 3.07. The van der Waals surface area contributed by atoms with Crippen molar-refractivity contribution in [1.29, 1.82) is 0 Å². The number of rotatable bonds is 3. The molecule has 0 radical (unpaired) electrons. The minimum Gasteiger partial charge on any atom is -0.476 e. The number of aryl methyl sites for hydroxylation is 2. The van der Waals surface area contributed by atoms with Crippen molar-refractivity contribution >= 4 is 34.2 Å². The predicted octanol–water partition coefficient (Wildman–Crippen LogP) is 2.37. The molecule has 1 aliphatic carbocycles. The number of aromatic carboxylic acids is 1. The van der Waals surface area contributed by atoms with Crippen LogP contribution in [0.25, 0.3) is 0 Å². The van der Waals surface area contributed by atoms with Crippen molar-refractivity contribution in [3.63, 3.8) is 0 Å². The van der Waals surface area contributed by atoms with Gasteiger partial charge in [0.05, 0.1) is 11.4 Å². The van der Waals surface area contributed by atoms with Gasteiger partial charge in [-0.3, -0.25) is 5.32 Å². The number of urea groups is 1. The zero-order chi connectivity index (χ0) is 14.8. The molecule has 0 bridgehead atoms. The summed E-state index contributed by atoms with van der Waals surface area (Å²) in [5.74, 6) is -1.20. The molecule has 2 amide bonds. The summed E-state index contributed by atoms with van der Waals surface area (Å²) in [7, 11) is 0. The van der Waals surface area contributed by atoms with Crippen molar-refractivity contribution in [1.82, 2.24) is 9.97 Å². The number of fused-ring (bicyclic) bond motifs is 1. The number of carboxylic acids is 1. The number of carbonyl (C=O) groups is 2. The lowest BCUT2D eigenvalue weighted by atomic mass is 10.3. The van der Waals surface area contributed by atoms with Crippen LogP contribution in [0, 0.1) is 0 Å². The van der Waals surface area contributed by atoms with E-state index in [0.717, 1.165) is 25.0 Å². The molecule has 3 rings (SSSR count). The van der Waals surface area contributed by atoms with E-state index in [-0.39, 0.29) is 11.4 Å². The molecular formula is C13H12N4O3S. The fourth-order valence-corrected chi connectivity index (χ4v) is 3.22. The van der Waals surface area contributed by atoms with Gasteiger partial charge >= 0.3 is 12.0 Å². The molecule has 108 valence electrons. The number of carboxylic acid groups (broad SMARTS) is 1. The number of nitrogens with one attached hydrogen (secondary N) is 2. The molecule has 0 saturated carbocycles. The molecule has 0 saturated heterocycles. The van der Waals surface area contributed by atoms with Gasteiger partial charge in [0.25, 0.3) is 0 Å². The monoisotopic (exact) mass is 304 g/mol. The zero-order valence-electron chi connectivity index (χ0n) is 10.9. The van der Waals surface area contributed by atoms with Crippen molar-refractivity contribution in [2.45, 2.75) is 19.3 Å². The van der Waals surface area contributed by atoms with Crippen LogP contribution in [0.15, 0.2) is 18.3 Å². The predicted molar refractivity (Wildman–Crippen MR) is 78.0 cm³/mol. The molecule has 0 atom stereocenters. The second kappa shape index (κ2) is 5.49. The molecule has 21 heavy (non-hydrogen) atoms. The third kappa shape index (κ3) is 2.84. The average molecular weight is 304 g/mol. The summed E-state index contributed by atoms with van der Waals surface area (Å²) in [4.78, 5) is 32.2. The molecule has 0 unspecified atom stereocenters. The second-order valence-electron chi connectivity index (χ2n) is 4.53. The summed E-state index contributed by atoms with van der Waals surface area (Å²) in [6, 6.07) is 2.51. The first-order valence-electron chi connectivity index (χ1n) is 6.38. The van der Waals surface area contributed by atoms with Gasteiger partial charge in [-0.1, -0.05) is 0 Å². The Balaban J connectivity index is 1.70. The summed E-state index contributed by atoms with van der Waals surface area (Å²) in [5, 5.41) is 14.6. The molecule has 8 heteroatoms. The normalized spacial score (nSPS) is 12.8. The molecule has 0 spiro atoms. The van der Waals surface area contributed by atoms with Crippen LogP contribution in [0.2, 0.25) is 0 Å². The van der Waals surface area contributed by atoms with Gasteiger partial charge in [-0.25, -0.2) is 19.6 Å². The van der Waals surface area contributed by atoms with Crippen LogP contribution in [0.1, 0.15) is 27.5 Å². The van der Waals surface area contributed by atoms with E-state index in [0.29, 0.717) is 5.13 Å². The molecule has 1 aliphatic rings. The van der Waals surface area contributed by atoms with Crippen LogP contribution >= 0.6 is 11.3 Å². The maximum absolute atomic E-state index is 11.9. The van der Waals surface area contributed by atoms with E-state index in [2.05, 4.69) is 20.6 Å². The first kappa shape index (κ1) is 13.5. The third-order valence-corrected chi connectivity index (χ3v) is 4.15. The topological polar surface area (TPSA) is 104 Å². The van der Waals surface area contributed by atoms with Crippen molar-refractivity contribution in [3.8, 4) is 0 Å². The molecule has 7 nitrogen and oxygen atoms in total. The van der Waals surface area contributed by atoms with Crippen molar-refractivity contribution in [2.24, 2.45) is 0 Å². The molecule has 0 fully saturated rings. The fourth-order valence-electron chi connectivity index (χ4n) is 2.17. The highest BCUT2D eigenvalue weighted by Crippen LogP contribution is 2.30. The molecule has 0 aromatic carbocycles. The lowest BCUT2D eigenvalue weighted by Gasteiger charge is -2.07. The largest absolute Gasteiger partial charge is 0.476 e. The summed E-state index contributed by atoms with van der Waals surface area (Å²) < 4.78 is 0. The average Bonchev–Trinajstić information content (AvgIpc) is 2.99. The molecule has 3 N–H and O–H groups in total. The lowest BCUT2D eigenvalue weighted by molar-refractivity contribution is 0.0692. The number of pyridine rings is 1. The summed E-state index contributed by atoms with van der Waals surface area (Å²) in [5.41, 5.74) is 0.990. The van der Waals surface area contributed by atoms with E-state index in [1.54, 1.807) is 6.07 Å². The Morgan fingerprint density at radius 2 is 2.14 bits per heavy atom. The van der Waals surface area contributed by atoms with E-state index in [1.165, 1.54) is 28.5 Å². The van der Waals surface area contributed by atoms with E-state index in [9.17, 15) is 9.59 Å². The minimum atomic E-state index is -1.20. The Kier molecular flexibility index (Phi) is 3.53. The first-order chi connectivity index (χ1) is 10.1. The second-order valence-corrected chi connectivity index (χ2v) is 5.61. The number of carbonyl (C=O) groups excluding carboxylic acids is 1. The fraction of sp³-hybridized carbons (Fsp3) is 0.231. The lowest BCUT2D eigenvalue weighted by Crippen LogP contribution is -2.21. The quantitative estimate of drug-likeness (QED) is 0.807. The van der Waals surface area contributed by atoms with Crippen LogP contribution < -0.4 is 10.6 Å². The van der Waals surface area contributed by atoms with E-state index >= 15 is 0 Å². The zero-order valence-corrected chi connectivity index (χ0v) is 11.7. The summed E-state index contributed by atoms with van der Waals surface area (Å²) >= 11 is 1.46. The number of thiazole rings is 1. The first-order valence-corrected chi connectivity index (χ1v) is 7.20. The Morgan fingerprint density at radius 1 is 1.29 bits per heavy atom. The van der Waals surface area contributed by atoms with Gasteiger partial charge in [-0.2, -0.15) is 0 Å². The van der Waals surface area contributed by atoms with E-state index in [1.807, 2.05) is 0 Å². The smallest absolute Gasteiger partial charge is 0.356 e. The number of hydrogen-bond donors (Lipinski definition) is 3. The molecule has 2 heterocycles. The van der Waals surface area contributed by atoms with Gasteiger partial charge in [0.2, 0.25) is 0 Å². The molecular weight excluding hydrogens is 292 g/mol. The Bertz CT molecular complexity index is 692. The van der Waals surface area contributed by atoms with Crippen molar-refractivity contribution < 1.29 is 14.7 Å². The summed E-state index contributed by atoms with van der Waals surface area (Å²) in [6.07, 6.45) is 4.42. The number of anilines is 2. The highest BCUT2D eigenvalue weighted by Gasteiger charge is 2.18. The van der Waals surface area contributed by atoms with Crippen LogP contribution in [-0.2, 0) is 12.8 Å². The van der Waals surface area contributed by atoms with Crippen LogP contribution in [0.5, 0.6) is 0 Å². The van der Waals surface area contributed by atoms with Gasteiger partial charge in [-0.05, 0) is 31.4 Å². The van der Waals surface area contributed by atoms with Crippen LogP contribution in [0.3, 0.4) is 0 Å². The van der Waals surface area contributed by atoms with Gasteiger partial charge in [0.1, 0.15) is 0 Å². The number of amides is 2. The Labute approximate surface area is 124 Å². The van der Waals surface area contributed by atoms with Gasteiger partial charge < -0.3 is 10.4 Å². The van der Waals surface area contributed by atoms with Crippen molar-refractivity contribution in [2.75, 3.05) is 10.6 Å². The van der Waals surface area contributed by atoms with Gasteiger partial charge in [0, 0.05) is 11.1 Å². The Morgan fingerprint density at radius 3 is 2.90 bits per heavy atom.